The van der Waals surface area contributed by atoms with Gasteiger partial charge in [0, 0.05) is 24.6 Å². The molecule has 2 heterocycles. The molecule has 0 aromatic heterocycles. The van der Waals surface area contributed by atoms with Gasteiger partial charge in [0.05, 0.1) is 27.4 Å². The fourth-order valence-corrected chi connectivity index (χ4v) is 3.75. The van der Waals surface area contributed by atoms with Crippen LogP contribution in [0.2, 0.25) is 0 Å². The third-order valence-electron chi connectivity index (χ3n) is 4.55. The lowest BCUT2D eigenvalue weighted by atomic mass is 9.95. The van der Waals surface area contributed by atoms with Crippen molar-refractivity contribution in [1.82, 2.24) is 4.90 Å². The Morgan fingerprint density at radius 3 is 2.17 bits per heavy atom. The van der Waals surface area contributed by atoms with Crippen LogP contribution in [0.5, 0.6) is 11.5 Å². The molecular formula is C17H22BrNO5. The molecule has 2 aliphatic rings. The molecule has 1 amide bonds. The van der Waals surface area contributed by atoms with Gasteiger partial charge in [-0.2, -0.15) is 0 Å². The number of carbonyl (C=O) groups is 1. The minimum atomic E-state index is -0.102. The van der Waals surface area contributed by atoms with E-state index in [0.29, 0.717) is 53.8 Å². The minimum Gasteiger partial charge on any atom is -0.495 e. The molecule has 0 saturated carbocycles. The normalized spacial score (nSPS) is 19.5. The van der Waals surface area contributed by atoms with E-state index in [2.05, 4.69) is 15.9 Å². The summed E-state index contributed by atoms with van der Waals surface area (Å²) in [6.07, 6.45) is 1.68. The molecule has 0 N–H and O–H groups in total. The molecule has 1 aromatic rings. The predicted molar refractivity (Wildman–Crippen MR) is 91.6 cm³/mol. The fraction of sp³-hybridized carbons (Fsp3) is 0.588. The van der Waals surface area contributed by atoms with Crippen LogP contribution in [0.3, 0.4) is 0 Å². The standard InChI is InChI=1S/C17H22BrNO5/c1-21-13-9-12(10-14(22-2)15(13)18)16(20)19-5-3-11(4-6-19)17-23-7-8-24-17/h9-11,17H,3-8H2,1-2H3. The van der Waals surface area contributed by atoms with Crippen LogP contribution < -0.4 is 9.47 Å². The van der Waals surface area contributed by atoms with Crippen LogP contribution in [-0.2, 0) is 9.47 Å². The zero-order valence-corrected chi connectivity index (χ0v) is 15.5. The van der Waals surface area contributed by atoms with Crippen molar-refractivity contribution in [1.29, 1.82) is 0 Å². The summed E-state index contributed by atoms with van der Waals surface area (Å²) in [6, 6.07) is 3.48. The summed E-state index contributed by atoms with van der Waals surface area (Å²) in [5.74, 6) is 1.53. The number of likely N-dealkylation sites (tertiary alicyclic amines) is 1. The maximum absolute atomic E-state index is 12.8. The van der Waals surface area contributed by atoms with Crippen molar-refractivity contribution in [2.24, 2.45) is 5.92 Å². The summed E-state index contributed by atoms with van der Waals surface area (Å²) >= 11 is 3.42. The number of hydrogen-bond donors (Lipinski definition) is 0. The van der Waals surface area contributed by atoms with E-state index in [-0.39, 0.29) is 12.2 Å². The van der Waals surface area contributed by atoms with Gasteiger partial charge in [-0.05, 0) is 40.9 Å². The summed E-state index contributed by atoms with van der Waals surface area (Å²) in [4.78, 5) is 14.7. The highest BCUT2D eigenvalue weighted by Gasteiger charge is 2.32. The third kappa shape index (κ3) is 3.53. The highest BCUT2D eigenvalue weighted by Crippen LogP contribution is 2.36. The monoisotopic (exact) mass is 399 g/mol. The van der Waals surface area contributed by atoms with Gasteiger partial charge in [0.2, 0.25) is 0 Å². The van der Waals surface area contributed by atoms with Crippen molar-refractivity contribution in [2.75, 3.05) is 40.5 Å². The third-order valence-corrected chi connectivity index (χ3v) is 5.33. The number of amides is 1. The van der Waals surface area contributed by atoms with E-state index < -0.39 is 0 Å². The Balaban J connectivity index is 1.69. The van der Waals surface area contributed by atoms with Crippen LogP contribution in [0.1, 0.15) is 23.2 Å². The number of ether oxygens (including phenoxy) is 4. The Bertz CT molecular complexity index is 570. The molecule has 2 aliphatic heterocycles. The van der Waals surface area contributed by atoms with Crippen molar-refractivity contribution in [3.05, 3.63) is 22.2 Å². The highest BCUT2D eigenvalue weighted by atomic mass is 79.9. The van der Waals surface area contributed by atoms with E-state index in [9.17, 15) is 4.79 Å². The van der Waals surface area contributed by atoms with Gasteiger partial charge in [-0.1, -0.05) is 0 Å². The number of hydrogen-bond acceptors (Lipinski definition) is 5. The Kier molecular flexibility index (Phi) is 5.63. The van der Waals surface area contributed by atoms with Gasteiger partial charge in [-0.15, -0.1) is 0 Å². The summed E-state index contributed by atoms with van der Waals surface area (Å²) in [7, 11) is 3.14. The first-order valence-corrected chi connectivity index (χ1v) is 8.87. The summed E-state index contributed by atoms with van der Waals surface area (Å²) in [6.45, 7) is 2.74. The first-order valence-electron chi connectivity index (χ1n) is 8.08. The quantitative estimate of drug-likeness (QED) is 0.778. The number of nitrogens with zero attached hydrogens (tertiary/aromatic N) is 1. The Morgan fingerprint density at radius 2 is 1.67 bits per heavy atom. The smallest absolute Gasteiger partial charge is 0.254 e. The number of benzene rings is 1. The zero-order chi connectivity index (χ0) is 17.1. The maximum Gasteiger partial charge on any atom is 0.254 e. The second-order valence-electron chi connectivity index (χ2n) is 5.93. The molecule has 132 valence electrons. The topological polar surface area (TPSA) is 57.2 Å². The molecule has 1 aromatic carbocycles. The van der Waals surface area contributed by atoms with Crippen LogP contribution in [0.25, 0.3) is 0 Å². The molecule has 0 aliphatic carbocycles. The molecule has 24 heavy (non-hydrogen) atoms. The minimum absolute atomic E-state index is 0.00851. The Labute approximate surface area is 150 Å². The summed E-state index contributed by atoms with van der Waals surface area (Å²) < 4.78 is 22.5. The van der Waals surface area contributed by atoms with Crippen LogP contribution in [-0.4, -0.2) is 57.6 Å². The van der Waals surface area contributed by atoms with E-state index in [1.807, 2.05) is 4.90 Å². The van der Waals surface area contributed by atoms with E-state index in [4.69, 9.17) is 18.9 Å². The summed E-state index contributed by atoms with van der Waals surface area (Å²) in [5, 5.41) is 0. The van der Waals surface area contributed by atoms with Crippen molar-refractivity contribution >= 4 is 21.8 Å². The van der Waals surface area contributed by atoms with Gasteiger partial charge in [-0.3, -0.25) is 4.79 Å². The highest BCUT2D eigenvalue weighted by molar-refractivity contribution is 9.10. The van der Waals surface area contributed by atoms with Crippen LogP contribution in [0.4, 0.5) is 0 Å². The molecule has 3 rings (SSSR count). The van der Waals surface area contributed by atoms with Gasteiger partial charge in [0.1, 0.15) is 16.0 Å². The van der Waals surface area contributed by atoms with Crippen LogP contribution in [0.15, 0.2) is 16.6 Å². The average Bonchev–Trinajstić information content (AvgIpc) is 3.16. The molecule has 0 spiro atoms. The van der Waals surface area contributed by atoms with Gasteiger partial charge in [0.15, 0.2) is 6.29 Å². The van der Waals surface area contributed by atoms with Crippen molar-refractivity contribution in [2.45, 2.75) is 19.1 Å². The van der Waals surface area contributed by atoms with Gasteiger partial charge < -0.3 is 23.8 Å². The van der Waals surface area contributed by atoms with Crippen LogP contribution >= 0.6 is 15.9 Å². The van der Waals surface area contributed by atoms with Gasteiger partial charge in [-0.25, -0.2) is 0 Å². The maximum atomic E-state index is 12.8. The molecule has 0 atom stereocenters. The number of halogens is 1. The Hall–Kier alpha value is -1.31. The number of carbonyl (C=O) groups excluding carboxylic acids is 1. The zero-order valence-electron chi connectivity index (χ0n) is 13.9. The lowest BCUT2D eigenvalue weighted by Gasteiger charge is -2.34. The molecule has 2 fully saturated rings. The number of rotatable bonds is 4. The first-order chi connectivity index (χ1) is 11.6. The number of piperidine rings is 1. The van der Waals surface area contributed by atoms with E-state index in [1.54, 1.807) is 26.4 Å². The predicted octanol–water partition coefficient (Wildman–Crippen LogP) is 2.69. The molecular weight excluding hydrogens is 378 g/mol. The van der Waals surface area contributed by atoms with E-state index in [1.165, 1.54) is 0 Å². The van der Waals surface area contributed by atoms with Gasteiger partial charge in [0.25, 0.3) is 5.91 Å². The van der Waals surface area contributed by atoms with E-state index in [0.717, 1.165) is 12.8 Å². The molecule has 0 bridgehead atoms. The largest absolute Gasteiger partial charge is 0.495 e. The van der Waals surface area contributed by atoms with Crippen molar-refractivity contribution < 1.29 is 23.7 Å². The molecule has 0 radical (unpaired) electrons. The molecule has 0 unspecified atom stereocenters. The average molecular weight is 400 g/mol. The second kappa shape index (κ2) is 7.72. The lowest BCUT2D eigenvalue weighted by Crippen LogP contribution is -2.41. The second-order valence-corrected chi connectivity index (χ2v) is 6.73. The van der Waals surface area contributed by atoms with Crippen molar-refractivity contribution in [3.8, 4) is 11.5 Å². The summed E-state index contributed by atoms with van der Waals surface area (Å²) in [5.41, 5.74) is 0.568. The first kappa shape index (κ1) is 17.5. The van der Waals surface area contributed by atoms with Crippen LogP contribution in [0, 0.1) is 5.92 Å². The fourth-order valence-electron chi connectivity index (χ4n) is 3.20. The lowest BCUT2D eigenvalue weighted by molar-refractivity contribution is -0.0956. The van der Waals surface area contributed by atoms with Crippen molar-refractivity contribution in [3.63, 3.8) is 0 Å². The van der Waals surface area contributed by atoms with E-state index >= 15 is 0 Å². The number of methoxy groups -OCH3 is 2. The molecule has 6 nitrogen and oxygen atoms in total. The molecule has 2 saturated heterocycles. The Morgan fingerprint density at radius 1 is 1.12 bits per heavy atom. The SMILES string of the molecule is COc1cc(C(=O)N2CCC(C3OCCO3)CC2)cc(OC)c1Br. The molecule has 7 heteroatoms. The van der Waals surface area contributed by atoms with Gasteiger partial charge >= 0.3 is 0 Å².